The molecule has 0 aliphatic rings. The van der Waals surface area contributed by atoms with Crippen LogP contribution in [0.4, 0.5) is 5.82 Å². The minimum absolute atomic E-state index is 0.0971. The fourth-order valence-corrected chi connectivity index (χ4v) is 1.58. The number of carbonyl (C=O) groups excluding carboxylic acids is 1. The molecule has 94 valence electrons. The zero-order valence-corrected chi connectivity index (χ0v) is 11.0. The molecule has 17 heavy (non-hydrogen) atoms. The number of nitrogens with zero attached hydrogens (tertiary/aromatic N) is 2. The van der Waals surface area contributed by atoms with Gasteiger partial charge in [0.15, 0.2) is 0 Å². The lowest BCUT2D eigenvalue weighted by Gasteiger charge is -2.24. The van der Waals surface area contributed by atoms with E-state index in [4.69, 9.17) is 17.4 Å². The van der Waals surface area contributed by atoms with E-state index in [0.29, 0.717) is 11.4 Å². The van der Waals surface area contributed by atoms with Crippen molar-refractivity contribution in [3.63, 3.8) is 0 Å². The molecule has 0 aliphatic carbocycles. The van der Waals surface area contributed by atoms with Gasteiger partial charge in [-0.25, -0.2) is 10.8 Å². The van der Waals surface area contributed by atoms with Gasteiger partial charge in [-0.2, -0.15) is 0 Å². The molecule has 0 fully saturated rings. The Hall–Kier alpha value is -1.33. The monoisotopic (exact) mass is 256 g/mol. The molecule has 1 amide bonds. The first kappa shape index (κ1) is 13.7. The smallest absolute Gasteiger partial charge is 0.254 e. The van der Waals surface area contributed by atoms with E-state index in [1.165, 1.54) is 6.07 Å². The minimum Gasteiger partial charge on any atom is -0.339 e. The minimum atomic E-state index is -0.0971. The highest BCUT2D eigenvalue weighted by atomic mass is 35.5. The number of hydrogen-bond donors (Lipinski definition) is 2. The molecular formula is C11H17ClN4O. The largest absolute Gasteiger partial charge is 0.339 e. The van der Waals surface area contributed by atoms with E-state index >= 15 is 0 Å². The number of anilines is 1. The number of nitrogens with one attached hydrogen (secondary N) is 1. The van der Waals surface area contributed by atoms with Crippen LogP contribution in [0.3, 0.4) is 0 Å². The van der Waals surface area contributed by atoms with E-state index in [1.807, 2.05) is 13.8 Å². The number of rotatable bonds is 4. The number of carbonyl (C=O) groups is 1. The maximum atomic E-state index is 12.1. The predicted molar refractivity (Wildman–Crippen MR) is 68.9 cm³/mol. The topological polar surface area (TPSA) is 71.2 Å². The summed E-state index contributed by atoms with van der Waals surface area (Å²) in [5, 5.41) is 0.237. The maximum absolute atomic E-state index is 12.1. The van der Waals surface area contributed by atoms with Crippen LogP contribution in [0.2, 0.25) is 5.15 Å². The summed E-state index contributed by atoms with van der Waals surface area (Å²) in [5.74, 6) is 5.53. The van der Waals surface area contributed by atoms with Crippen LogP contribution in [0.15, 0.2) is 12.1 Å². The number of pyridine rings is 1. The normalized spacial score (nSPS) is 12.1. The highest BCUT2D eigenvalue weighted by Gasteiger charge is 2.17. The molecule has 1 atom stereocenters. The average molecular weight is 257 g/mol. The molecule has 0 saturated carbocycles. The summed E-state index contributed by atoms with van der Waals surface area (Å²) in [5.41, 5.74) is 2.85. The van der Waals surface area contributed by atoms with Crippen molar-refractivity contribution in [2.45, 2.75) is 26.3 Å². The fourth-order valence-electron chi connectivity index (χ4n) is 1.37. The summed E-state index contributed by atoms with van der Waals surface area (Å²) in [7, 11) is 1.76. The Bertz CT molecular complexity index is 410. The number of aromatic nitrogens is 1. The molecular weight excluding hydrogens is 240 g/mol. The number of nitrogen functional groups attached to an aromatic ring is 1. The second-order valence-corrected chi connectivity index (χ2v) is 4.27. The van der Waals surface area contributed by atoms with Gasteiger partial charge in [0, 0.05) is 18.7 Å². The number of hydrazine groups is 1. The van der Waals surface area contributed by atoms with E-state index in [0.717, 1.165) is 6.42 Å². The molecule has 0 aromatic carbocycles. The Morgan fingerprint density at radius 2 is 2.29 bits per heavy atom. The SMILES string of the molecule is CCC(C)N(C)C(=O)c1cc(Cl)nc(NN)c1. The quantitative estimate of drug-likeness (QED) is 0.490. The predicted octanol–water partition coefficient (Wildman–Crippen LogP) is 1.89. The van der Waals surface area contributed by atoms with Crippen LogP contribution < -0.4 is 11.3 Å². The van der Waals surface area contributed by atoms with Gasteiger partial charge < -0.3 is 10.3 Å². The molecule has 5 nitrogen and oxygen atoms in total. The van der Waals surface area contributed by atoms with Crippen molar-refractivity contribution in [1.29, 1.82) is 0 Å². The summed E-state index contributed by atoms with van der Waals surface area (Å²) >= 11 is 5.81. The van der Waals surface area contributed by atoms with Gasteiger partial charge in [0.25, 0.3) is 5.91 Å². The van der Waals surface area contributed by atoms with Crippen LogP contribution in [-0.2, 0) is 0 Å². The van der Waals surface area contributed by atoms with E-state index in [-0.39, 0.29) is 17.1 Å². The fraction of sp³-hybridized carbons (Fsp3) is 0.455. The third-order valence-corrected chi connectivity index (χ3v) is 2.95. The molecule has 3 N–H and O–H groups in total. The van der Waals surface area contributed by atoms with E-state index in [9.17, 15) is 4.79 Å². The summed E-state index contributed by atoms with van der Waals surface area (Å²) in [6.07, 6.45) is 0.892. The Balaban J connectivity index is 2.99. The van der Waals surface area contributed by atoms with Crippen LogP contribution in [0.1, 0.15) is 30.6 Å². The molecule has 1 heterocycles. The van der Waals surface area contributed by atoms with E-state index in [2.05, 4.69) is 10.4 Å². The van der Waals surface area contributed by atoms with Crippen molar-refractivity contribution in [3.05, 3.63) is 22.8 Å². The highest BCUT2D eigenvalue weighted by Crippen LogP contribution is 2.16. The molecule has 6 heteroatoms. The van der Waals surface area contributed by atoms with Gasteiger partial charge in [-0.05, 0) is 25.5 Å². The second kappa shape index (κ2) is 5.84. The molecule has 1 unspecified atom stereocenters. The standard InChI is InChI=1S/C11H17ClN4O/c1-4-7(2)16(3)11(17)8-5-9(12)14-10(6-8)15-13/h5-7H,4,13H2,1-3H3,(H,14,15). The van der Waals surface area contributed by atoms with Crippen molar-refractivity contribution in [3.8, 4) is 0 Å². The van der Waals surface area contributed by atoms with Gasteiger partial charge in [-0.1, -0.05) is 18.5 Å². The summed E-state index contributed by atoms with van der Waals surface area (Å²) in [4.78, 5) is 17.7. The lowest BCUT2D eigenvalue weighted by atomic mass is 10.2. The lowest BCUT2D eigenvalue weighted by Crippen LogP contribution is -2.34. The molecule has 0 saturated heterocycles. The van der Waals surface area contributed by atoms with E-state index < -0.39 is 0 Å². The number of amides is 1. The number of halogens is 1. The van der Waals surface area contributed by atoms with Crippen molar-refractivity contribution in [1.82, 2.24) is 9.88 Å². The Kier molecular flexibility index (Phi) is 4.72. The lowest BCUT2D eigenvalue weighted by molar-refractivity contribution is 0.0740. The first-order valence-electron chi connectivity index (χ1n) is 5.41. The zero-order valence-electron chi connectivity index (χ0n) is 10.2. The van der Waals surface area contributed by atoms with Gasteiger partial charge in [-0.3, -0.25) is 4.79 Å². The van der Waals surface area contributed by atoms with Gasteiger partial charge in [0.2, 0.25) is 0 Å². The van der Waals surface area contributed by atoms with Crippen molar-refractivity contribution in [2.75, 3.05) is 12.5 Å². The van der Waals surface area contributed by atoms with E-state index in [1.54, 1.807) is 18.0 Å². The van der Waals surface area contributed by atoms with Crippen LogP contribution >= 0.6 is 11.6 Å². The Morgan fingerprint density at radius 3 is 2.82 bits per heavy atom. The van der Waals surface area contributed by atoms with Gasteiger partial charge in [0.05, 0.1) is 0 Å². The zero-order chi connectivity index (χ0) is 13.0. The van der Waals surface area contributed by atoms with Crippen molar-refractivity contribution in [2.24, 2.45) is 5.84 Å². The molecule has 1 rings (SSSR count). The third kappa shape index (κ3) is 3.31. The first-order chi connectivity index (χ1) is 7.99. The second-order valence-electron chi connectivity index (χ2n) is 3.88. The molecule has 1 aromatic rings. The van der Waals surface area contributed by atoms with Crippen molar-refractivity contribution < 1.29 is 4.79 Å². The highest BCUT2D eigenvalue weighted by molar-refractivity contribution is 6.29. The van der Waals surface area contributed by atoms with Crippen LogP contribution in [-0.4, -0.2) is 28.9 Å². The summed E-state index contributed by atoms with van der Waals surface area (Å²) < 4.78 is 0. The van der Waals surface area contributed by atoms with Crippen LogP contribution in [0.5, 0.6) is 0 Å². The number of hydrogen-bond acceptors (Lipinski definition) is 4. The molecule has 0 spiro atoms. The Morgan fingerprint density at radius 1 is 1.65 bits per heavy atom. The molecule has 0 aliphatic heterocycles. The summed E-state index contributed by atoms with van der Waals surface area (Å²) in [6, 6.07) is 3.28. The van der Waals surface area contributed by atoms with Gasteiger partial charge in [-0.15, -0.1) is 0 Å². The molecule has 0 radical (unpaired) electrons. The Labute approximate surface area is 106 Å². The summed E-state index contributed by atoms with van der Waals surface area (Å²) in [6.45, 7) is 4.02. The van der Waals surface area contributed by atoms with Crippen LogP contribution in [0, 0.1) is 0 Å². The number of nitrogens with two attached hydrogens (primary N) is 1. The van der Waals surface area contributed by atoms with Gasteiger partial charge >= 0.3 is 0 Å². The third-order valence-electron chi connectivity index (χ3n) is 2.76. The maximum Gasteiger partial charge on any atom is 0.254 e. The van der Waals surface area contributed by atoms with Crippen LogP contribution in [0.25, 0.3) is 0 Å². The molecule has 1 aromatic heterocycles. The first-order valence-corrected chi connectivity index (χ1v) is 5.78. The van der Waals surface area contributed by atoms with Crippen molar-refractivity contribution >= 4 is 23.3 Å². The molecule has 0 bridgehead atoms. The van der Waals surface area contributed by atoms with Gasteiger partial charge in [0.1, 0.15) is 11.0 Å². The average Bonchev–Trinajstić information content (AvgIpc) is 2.35.